The third kappa shape index (κ3) is 4.46. The number of aliphatic hydroxyl groups excluding tert-OH is 1. The molecule has 0 saturated heterocycles. The molecule has 186 valence electrons. The average molecular weight is 447 g/mol. The van der Waals surface area contributed by atoms with Gasteiger partial charge in [-0.1, -0.05) is 60.3 Å². The molecule has 0 aromatic carbocycles. The van der Waals surface area contributed by atoms with Crippen molar-refractivity contribution in [1.29, 1.82) is 0 Å². The molecule has 0 heterocycles. The zero-order valence-electron chi connectivity index (χ0n) is 22.1. The second kappa shape index (κ2) is 10.3. The number of hydrogen-bond donors (Lipinski definition) is 1. The predicted molar refractivity (Wildman–Crippen MR) is 135 cm³/mol. The Kier molecular flexibility index (Phi) is 8.03. The van der Waals surface area contributed by atoms with Gasteiger partial charge in [0, 0.05) is 13.2 Å². The molecule has 4 aliphatic carbocycles. The Bertz CT molecular complexity index is 602. The standard InChI is InChI=1S/C30H54O2/c1-21(2)9-6-10-22(3)25-15-16-26-24-14-13-23-11-7-12-28(32-20-8-19-31)30(23,5)27(24)17-18-29(25,26)4/h21-28,31H,6-20H2,1-5H3/t22-,23?,24+,25-,26+,27+,28?,29-,30+/m1/s1. The van der Waals surface area contributed by atoms with Gasteiger partial charge < -0.3 is 9.84 Å². The highest BCUT2D eigenvalue weighted by Gasteiger charge is 2.62. The fraction of sp³-hybridized carbons (Fsp3) is 1.00. The van der Waals surface area contributed by atoms with E-state index in [1.54, 1.807) is 0 Å². The zero-order chi connectivity index (χ0) is 22.9. The van der Waals surface area contributed by atoms with Gasteiger partial charge in [-0.15, -0.1) is 0 Å². The number of aliphatic hydroxyl groups is 1. The van der Waals surface area contributed by atoms with Gasteiger partial charge in [0.15, 0.2) is 0 Å². The maximum Gasteiger partial charge on any atom is 0.0634 e. The molecule has 1 N–H and O–H groups in total. The van der Waals surface area contributed by atoms with Crippen molar-refractivity contribution in [2.24, 2.45) is 52.3 Å². The number of ether oxygens (including phenoxy) is 1. The van der Waals surface area contributed by atoms with Crippen LogP contribution >= 0.6 is 0 Å². The highest BCUT2D eigenvalue weighted by Crippen LogP contribution is 2.68. The van der Waals surface area contributed by atoms with Crippen molar-refractivity contribution < 1.29 is 9.84 Å². The van der Waals surface area contributed by atoms with Crippen molar-refractivity contribution in [2.45, 2.75) is 124 Å². The molecule has 0 bridgehead atoms. The van der Waals surface area contributed by atoms with Crippen LogP contribution in [-0.2, 0) is 4.74 Å². The molecule has 4 rings (SSSR count). The molecule has 9 atom stereocenters. The summed E-state index contributed by atoms with van der Waals surface area (Å²) in [4.78, 5) is 0. The Morgan fingerprint density at radius 3 is 2.44 bits per heavy atom. The summed E-state index contributed by atoms with van der Waals surface area (Å²) in [5, 5.41) is 9.28. The summed E-state index contributed by atoms with van der Waals surface area (Å²) < 4.78 is 6.54. The molecule has 0 spiro atoms. The van der Waals surface area contributed by atoms with Crippen molar-refractivity contribution in [3.63, 3.8) is 0 Å². The monoisotopic (exact) mass is 446 g/mol. The van der Waals surface area contributed by atoms with Crippen LogP contribution in [0.1, 0.15) is 118 Å². The first-order valence-electron chi connectivity index (χ1n) is 14.5. The molecule has 0 radical (unpaired) electrons. The quantitative estimate of drug-likeness (QED) is 0.365. The second-order valence-corrected chi connectivity index (χ2v) is 13.4. The first-order chi connectivity index (χ1) is 15.3. The third-order valence-electron chi connectivity index (χ3n) is 11.5. The van der Waals surface area contributed by atoms with Gasteiger partial charge >= 0.3 is 0 Å². The van der Waals surface area contributed by atoms with Gasteiger partial charge in [0.1, 0.15) is 0 Å². The molecular formula is C30H54O2. The summed E-state index contributed by atoms with van der Waals surface area (Å²) in [5.41, 5.74) is 0.961. The lowest BCUT2D eigenvalue weighted by molar-refractivity contribution is -0.182. The highest BCUT2D eigenvalue weighted by atomic mass is 16.5. The predicted octanol–water partition coefficient (Wildman–Crippen LogP) is 7.88. The minimum Gasteiger partial charge on any atom is -0.396 e. The Hall–Kier alpha value is -0.0800. The van der Waals surface area contributed by atoms with Crippen LogP contribution in [-0.4, -0.2) is 24.4 Å². The van der Waals surface area contributed by atoms with Gasteiger partial charge in [-0.3, -0.25) is 0 Å². The third-order valence-corrected chi connectivity index (χ3v) is 11.5. The van der Waals surface area contributed by atoms with Crippen molar-refractivity contribution in [2.75, 3.05) is 13.2 Å². The van der Waals surface area contributed by atoms with E-state index in [2.05, 4.69) is 34.6 Å². The summed E-state index contributed by atoms with van der Waals surface area (Å²) in [6.45, 7) is 13.7. The molecule has 4 fully saturated rings. The van der Waals surface area contributed by atoms with Gasteiger partial charge in [-0.2, -0.15) is 0 Å². The van der Waals surface area contributed by atoms with Crippen LogP contribution in [0.25, 0.3) is 0 Å². The van der Waals surface area contributed by atoms with Crippen LogP contribution in [0.4, 0.5) is 0 Å². The Morgan fingerprint density at radius 1 is 0.875 bits per heavy atom. The molecule has 0 amide bonds. The van der Waals surface area contributed by atoms with E-state index in [0.29, 0.717) is 16.9 Å². The van der Waals surface area contributed by atoms with Crippen LogP contribution < -0.4 is 0 Å². The SMILES string of the molecule is CC(C)CCC[C@@H](C)[C@H]1CC[C@H]2[C@@H]3CCC4CCCC(OCCCO)[C@]4(C)[C@H]3CC[C@]12C. The van der Waals surface area contributed by atoms with E-state index in [4.69, 9.17) is 4.74 Å². The Labute approximate surface area is 199 Å². The lowest BCUT2D eigenvalue weighted by Crippen LogP contribution is -2.58. The minimum atomic E-state index is 0.260. The molecule has 4 saturated carbocycles. The molecule has 4 aliphatic rings. The van der Waals surface area contributed by atoms with E-state index in [9.17, 15) is 5.11 Å². The van der Waals surface area contributed by atoms with E-state index in [-0.39, 0.29) is 6.61 Å². The molecule has 0 aromatic heterocycles. The normalized spacial score (nSPS) is 44.7. The summed E-state index contributed by atoms with van der Waals surface area (Å²) in [6.07, 6.45) is 18.3. The van der Waals surface area contributed by atoms with Gasteiger partial charge in [0.25, 0.3) is 0 Å². The number of hydrogen-bond acceptors (Lipinski definition) is 2. The Balaban J connectivity index is 1.48. The summed E-state index contributed by atoms with van der Waals surface area (Å²) in [6, 6.07) is 0. The van der Waals surface area contributed by atoms with Gasteiger partial charge in [0.05, 0.1) is 6.10 Å². The zero-order valence-corrected chi connectivity index (χ0v) is 22.1. The van der Waals surface area contributed by atoms with Crippen LogP contribution in [0.3, 0.4) is 0 Å². The van der Waals surface area contributed by atoms with Crippen molar-refractivity contribution >= 4 is 0 Å². The second-order valence-electron chi connectivity index (χ2n) is 13.4. The topological polar surface area (TPSA) is 29.5 Å². The smallest absolute Gasteiger partial charge is 0.0634 e. The van der Waals surface area contributed by atoms with E-state index in [0.717, 1.165) is 54.5 Å². The molecule has 32 heavy (non-hydrogen) atoms. The molecule has 2 heteroatoms. The van der Waals surface area contributed by atoms with Crippen molar-refractivity contribution in [3.05, 3.63) is 0 Å². The summed E-state index contributed by atoms with van der Waals surface area (Å²) >= 11 is 0. The van der Waals surface area contributed by atoms with Gasteiger partial charge in [0.2, 0.25) is 0 Å². The average Bonchev–Trinajstić information content (AvgIpc) is 3.11. The lowest BCUT2D eigenvalue weighted by atomic mass is 9.44. The van der Waals surface area contributed by atoms with Gasteiger partial charge in [-0.05, 0) is 110 Å². The fourth-order valence-corrected chi connectivity index (χ4v) is 9.86. The number of rotatable bonds is 9. The Morgan fingerprint density at radius 2 is 1.69 bits per heavy atom. The van der Waals surface area contributed by atoms with Gasteiger partial charge in [-0.25, -0.2) is 0 Å². The highest BCUT2D eigenvalue weighted by molar-refractivity contribution is 5.11. The van der Waals surface area contributed by atoms with Crippen LogP contribution in [0.2, 0.25) is 0 Å². The minimum absolute atomic E-state index is 0.260. The maximum absolute atomic E-state index is 9.28. The van der Waals surface area contributed by atoms with E-state index in [1.165, 1.54) is 77.0 Å². The maximum atomic E-state index is 9.28. The van der Waals surface area contributed by atoms with Crippen molar-refractivity contribution in [1.82, 2.24) is 0 Å². The first-order valence-corrected chi connectivity index (χ1v) is 14.5. The largest absolute Gasteiger partial charge is 0.396 e. The van der Waals surface area contributed by atoms with E-state index >= 15 is 0 Å². The van der Waals surface area contributed by atoms with Crippen LogP contribution in [0, 0.1) is 52.3 Å². The molecule has 0 aliphatic heterocycles. The van der Waals surface area contributed by atoms with Crippen molar-refractivity contribution in [3.8, 4) is 0 Å². The lowest BCUT2D eigenvalue weighted by Gasteiger charge is -2.62. The fourth-order valence-electron chi connectivity index (χ4n) is 9.86. The molecular weight excluding hydrogens is 392 g/mol. The molecule has 2 nitrogen and oxygen atoms in total. The van der Waals surface area contributed by atoms with Crippen LogP contribution in [0.15, 0.2) is 0 Å². The first kappa shape index (κ1) is 25.0. The molecule has 0 aromatic rings. The summed E-state index contributed by atoms with van der Waals surface area (Å²) in [5.74, 6) is 6.33. The molecule has 2 unspecified atom stereocenters. The van der Waals surface area contributed by atoms with E-state index in [1.807, 2.05) is 0 Å². The van der Waals surface area contributed by atoms with Crippen LogP contribution in [0.5, 0.6) is 0 Å². The number of fused-ring (bicyclic) bond motifs is 5. The van der Waals surface area contributed by atoms with E-state index < -0.39 is 0 Å². The summed E-state index contributed by atoms with van der Waals surface area (Å²) in [7, 11) is 0.